The molecule has 0 radical (unpaired) electrons. The minimum absolute atomic E-state index is 0.297. The Balaban J connectivity index is 1.70. The molecule has 3 rings (SSSR count). The van der Waals surface area contributed by atoms with Gasteiger partial charge in [-0.2, -0.15) is 5.26 Å². The lowest BCUT2D eigenvalue weighted by atomic mass is 9.72. The van der Waals surface area contributed by atoms with Gasteiger partial charge in [-0.25, -0.2) is 0 Å². The summed E-state index contributed by atoms with van der Waals surface area (Å²) >= 11 is 0. The van der Waals surface area contributed by atoms with Crippen LogP contribution in [-0.2, 0) is 6.54 Å². The summed E-state index contributed by atoms with van der Waals surface area (Å²) in [5.74, 6) is 0.297. The van der Waals surface area contributed by atoms with Gasteiger partial charge in [0.25, 0.3) is 0 Å². The number of nitriles is 1. The Morgan fingerprint density at radius 2 is 2.00 bits per heavy atom. The fraction of sp³-hybridized carbons (Fsp3) is 0.588. The number of piperidine rings is 1. The van der Waals surface area contributed by atoms with Crippen molar-refractivity contribution in [2.24, 2.45) is 11.3 Å². The van der Waals surface area contributed by atoms with Crippen molar-refractivity contribution in [2.45, 2.75) is 38.6 Å². The third kappa shape index (κ3) is 2.53. The van der Waals surface area contributed by atoms with Crippen molar-refractivity contribution in [3.63, 3.8) is 0 Å². The Labute approximate surface area is 116 Å². The zero-order chi connectivity index (χ0) is 13.1. The molecule has 0 unspecified atom stereocenters. The molecule has 2 nitrogen and oxygen atoms in total. The van der Waals surface area contributed by atoms with Gasteiger partial charge in [-0.15, -0.1) is 0 Å². The highest BCUT2D eigenvalue weighted by Gasteiger charge is 2.45. The van der Waals surface area contributed by atoms with Crippen molar-refractivity contribution in [3.05, 3.63) is 35.9 Å². The monoisotopic (exact) mass is 254 g/mol. The lowest BCUT2D eigenvalue weighted by Gasteiger charge is -2.42. The van der Waals surface area contributed by atoms with E-state index in [0.717, 1.165) is 19.5 Å². The van der Waals surface area contributed by atoms with Gasteiger partial charge in [-0.3, -0.25) is 4.90 Å². The number of nitrogens with zero attached hydrogens (tertiary/aromatic N) is 2. The van der Waals surface area contributed by atoms with Crippen molar-refractivity contribution >= 4 is 0 Å². The smallest absolute Gasteiger partial charge is 0.0662 e. The van der Waals surface area contributed by atoms with Gasteiger partial charge < -0.3 is 0 Å². The van der Waals surface area contributed by atoms with Crippen LogP contribution in [-0.4, -0.2) is 18.0 Å². The molecule has 100 valence electrons. The third-order valence-corrected chi connectivity index (χ3v) is 5.00. The largest absolute Gasteiger partial charge is 0.298 e. The molecule has 2 aliphatic rings. The van der Waals surface area contributed by atoms with Gasteiger partial charge in [-0.1, -0.05) is 36.8 Å². The molecule has 2 fully saturated rings. The zero-order valence-corrected chi connectivity index (χ0v) is 11.5. The molecular weight excluding hydrogens is 232 g/mol. The highest BCUT2D eigenvalue weighted by molar-refractivity contribution is 5.15. The summed E-state index contributed by atoms with van der Waals surface area (Å²) in [6.45, 7) is 3.36. The van der Waals surface area contributed by atoms with Crippen LogP contribution in [0.25, 0.3) is 0 Å². The Morgan fingerprint density at radius 3 is 2.79 bits per heavy atom. The number of likely N-dealkylation sites (tertiary alicyclic amines) is 1. The second-order valence-corrected chi connectivity index (χ2v) is 6.24. The van der Waals surface area contributed by atoms with E-state index in [9.17, 15) is 5.26 Å². The van der Waals surface area contributed by atoms with Crippen LogP contribution in [0.3, 0.4) is 0 Å². The number of hydrogen-bond donors (Lipinski definition) is 0. The van der Waals surface area contributed by atoms with Crippen LogP contribution < -0.4 is 0 Å². The molecule has 0 amide bonds. The van der Waals surface area contributed by atoms with Crippen molar-refractivity contribution in [1.82, 2.24) is 4.90 Å². The first kappa shape index (κ1) is 12.7. The molecule has 0 bridgehead atoms. The predicted molar refractivity (Wildman–Crippen MR) is 76.3 cm³/mol. The van der Waals surface area contributed by atoms with Crippen molar-refractivity contribution in [2.75, 3.05) is 13.1 Å². The maximum Gasteiger partial charge on any atom is 0.0662 e. The molecule has 0 N–H and O–H groups in total. The second kappa shape index (κ2) is 5.35. The van der Waals surface area contributed by atoms with Crippen LogP contribution in [0, 0.1) is 22.7 Å². The minimum Gasteiger partial charge on any atom is -0.298 e. The SMILES string of the molecule is N#C[C@@H]1CCC[C@@]12CCCN(Cc1ccccc1)C2. The molecule has 1 aliphatic heterocycles. The molecule has 2 heteroatoms. The summed E-state index contributed by atoms with van der Waals surface area (Å²) < 4.78 is 0. The summed E-state index contributed by atoms with van der Waals surface area (Å²) in [6, 6.07) is 13.3. The van der Waals surface area contributed by atoms with Crippen LogP contribution >= 0.6 is 0 Å². The van der Waals surface area contributed by atoms with E-state index in [1.165, 1.54) is 37.8 Å². The van der Waals surface area contributed by atoms with E-state index in [0.29, 0.717) is 11.3 Å². The van der Waals surface area contributed by atoms with Gasteiger partial charge in [0.05, 0.1) is 12.0 Å². The average Bonchev–Trinajstić information content (AvgIpc) is 2.82. The molecule has 19 heavy (non-hydrogen) atoms. The fourth-order valence-corrected chi connectivity index (χ4v) is 4.06. The van der Waals surface area contributed by atoms with Gasteiger partial charge in [0.1, 0.15) is 0 Å². The van der Waals surface area contributed by atoms with Gasteiger partial charge in [0.15, 0.2) is 0 Å². The first-order valence-electron chi connectivity index (χ1n) is 7.48. The van der Waals surface area contributed by atoms with Crippen LogP contribution in [0.1, 0.15) is 37.7 Å². The van der Waals surface area contributed by atoms with Crippen molar-refractivity contribution in [1.29, 1.82) is 5.26 Å². The van der Waals surface area contributed by atoms with Gasteiger partial charge in [-0.05, 0) is 43.2 Å². The Bertz CT molecular complexity index is 462. The van der Waals surface area contributed by atoms with Crippen LogP contribution in [0.2, 0.25) is 0 Å². The highest BCUT2D eigenvalue weighted by Crippen LogP contribution is 2.49. The topological polar surface area (TPSA) is 27.0 Å². The van der Waals surface area contributed by atoms with Crippen LogP contribution in [0.4, 0.5) is 0 Å². The normalized spacial score (nSPS) is 31.4. The molecule has 1 saturated carbocycles. The minimum atomic E-state index is 0.297. The Kier molecular flexibility index (Phi) is 3.57. The summed E-state index contributed by atoms with van der Waals surface area (Å²) in [5.41, 5.74) is 1.70. The quantitative estimate of drug-likeness (QED) is 0.806. The predicted octanol–water partition coefficient (Wildman–Crippen LogP) is 3.59. The highest BCUT2D eigenvalue weighted by atomic mass is 15.1. The summed E-state index contributed by atoms with van der Waals surface area (Å²) in [6.07, 6.45) is 6.14. The van der Waals surface area contributed by atoms with E-state index in [1.54, 1.807) is 0 Å². The van der Waals surface area contributed by atoms with E-state index in [1.807, 2.05) is 0 Å². The standard InChI is InChI=1S/C17H22N2/c18-12-16-8-4-9-17(16)10-5-11-19(14-17)13-15-6-2-1-3-7-15/h1-3,6-7,16H,4-5,8-11,13-14H2/t16-,17-/m0/s1. The Morgan fingerprint density at radius 1 is 1.21 bits per heavy atom. The maximum absolute atomic E-state index is 9.39. The van der Waals surface area contributed by atoms with Gasteiger partial charge in [0.2, 0.25) is 0 Å². The molecule has 1 aromatic carbocycles. The molecule has 1 aromatic rings. The summed E-state index contributed by atoms with van der Waals surface area (Å²) in [5, 5.41) is 9.39. The number of benzene rings is 1. The van der Waals surface area contributed by atoms with Gasteiger partial charge >= 0.3 is 0 Å². The van der Waals surface area contributed by atoms with E-state index in [4.69, 9.17) is 0 Å². The van der Waals surface area contributed by atoms with E-state index in [2.05, 4.69) is 41.3 Å². The zero-order valence-electron chi connectivity index (χ0n) is 11.5. The van der Waals surface area contributed by atoms with Gasteiger partial charge in [0, 0.05) is 13.1 Å². The van der Waals surface area contributed by atoms with E-state index < -0.39 is 0 Å². The molecule has 1 heterocycles. The molecule has 1 aliphatic carbocycles. The molecular formula is C17H22N2. The molecule has 0 aromatic heterocycles. The van der Waals surface area contributed by atoms with Crippen LogP contribution in [0.15, 0.2) is 30.3 Å². The maximum atomic E-state index is 9.39. The molecule has 2 atom stereocenters. The first-order chi connectivity index (χ1) is 9.32. The summed E-state index contributed by atoms with van der Waals surface area (Å²) in [7, 11) is 0. The average molecular weight is 254 g/mol. The van der Waals surface area contributed by atoms with Crippen molar-refractivity contribution in [3.8, 4) is 6.07 Å². The Hall–Kier alpha value is -1.33. The van der Waals surface area contributed by atoms with Crippen LogP contribution in [0.5, 0.6) is 0 Å². The summed E-state index contributed by atoms with van der Waals surface area (Å²) in [4.78, 5) is 2.56. The third-order valence-electron chi connectivity index (χ3n) is 5.00. The molecule has 1 saturated heterocycles. The first-order valence-corrected chi connectivity index (χ1v) is 7.48. The lowest BCUT2D eigenvalue weighted by molar-refractivity contribution is 0.0666. The number of rotatable bonds is 2. The fourth-order valence-electron chi connectivity index (χ4n) is 4.06. The van der Waals surface area contributed by atoms with E-state index >= 15 is 0 Å². The van der Waals surface area contributed by atoms with E-state index in [-0.39, 0.29) is 0 Å². The number of hydrogen-bond acceptors (Lipinski definition) is 2. The second-order valence-electron chi connectivity index (χ2n) is 6.24. The van der Waals surface area contributed by atoms with Crippen molar-refractivity contribution < 1.29 is 0 Å². The lowest BCUT2D eigenvalue weighted by Crippen LogP contribution is -2.44. The molecule has 1 spiro atoms.